The van der Waals surface area contributed by atoms with E-state index in [1.165, 1.54) is 6.42 Å². The molecule has 0 aliphatic heterocycles. The molecular weight excluding hydrogens is 334 g/mol. The van der Waals surface area contributed by atoms with Crippen LogP contribution in [0.2, 0.25) is 0 Å². The fourth-order valence-electron chi connectivity index (χ4n) is 2.58. The van der Waals surface area contributed by atoms with Gasteiger partial charge in [0, 0.05) is 16.6 Å². The fraction of sp³-hybridized carbons (Fsp3) is 0.429. The van der Waals surface area contributed by atoms with Crippen LogP contribution in [-0.2, 0) is 6.54 Å². The van der Waals surface area contributed by atoms with E-state index in [1.54, 1.807) is 6.20 Å². The summed E-state index contributed by atoms with van der Waals surface area (Å²) in [5.41, 5.74) is 1.69. The third-order valence-electron chi connectivity index (χ3n) is 3.99. The zero-order valence-corrected chi connectivity index (χ0v) is 13.2. The van der Waals surface area contributed by atoms with Crippen LogP contribution in [0.15, 0.2) is 21.2 Å². The van der Waals surface area contributed by atoms with Crippen molar-refractivity contribution < 1.29 is 4.42 Å². The van der Waals surface area contributed by atoms with E-state index >= 15 is 0 Å². The molecule has 3 heterocycles. The lowest BCUT2D eigenvalue weighted by Crippen LogP contribution is -2.08. The van der Waals surface area contributed by atoms with E-state index in [4.69, 9.17) is 4.42 Å². The molecule has 4 rings (SSSR count). The quantitative estimate of drug-likeness (QED) is 0.727. The van der Waals surface area contributed by atoms with Crippen LogP contribution in [0, 0.1) is 6.92 Å². The van der Waals surface area contributed by atoms with E-state index < -0.39 is 0 Å². The highest BCUT2D eigenvalue weighted by Crippen LogP contribution is 2.35. The predicted molar refractivity (Wildman–Crippen MR) is 80.0 cm³/mol. The van der Waals surface area contributed by atoms with Crippen molar-refractivity contribution >= 4 is 27.1 Å². The van der Waals surface area contributed by atoms with Gasteiger partial charge in [0.1, 0.15) is 12.4 Å². The Morgan fingerprint density at radius 1 is 1.38 bits per heavy atom. The summed E-state index contributed by atoms with van der Waals surface area (Å²) in [6, 6.07) is 2.01. The molecule has 108 valence electrons. The van der Waals surface area contributed by atoms with E-state index in [-0.39, 0.29) is 0 Å². The highest BCUT2D eigenvalue weighted by molar-refractivity contribution is 9.10. The average molecular weight is 348 g/mol. The maximum Gasteiger partial charge on any atom is 0.236 e. The molecule has 1 saturated carbocycles. The van der Waals surface area contributed by atoms with E-state index in [0.717, 1.165) is 40.2 Å². The maximum absolute atomic E-state index is 5.79. The number of imidazole rings is 1. The zero-order chi connectivity index (χ0) is 14.4. The Balaban J connectivity index is 1.68. The normalized spacial score (nSPS) is 15.5. The average Bonchev–Trinajstić information content (AvgIpc) is 2.95. The summed E-state index contributed by atoms with van der Waals surface area (Å²) in [4.78, 5) is 8.78. The molecule has 0 saturated heterocycles. The molecule has 0 amide bonds. The van der Waals surface area contributed by atoms with Gasteiger partial charge in [-0.1, -0.05) is 6.42 Å². The number of halogens is 1. The lowest BCUT2D eigenvalue weighted by atomic mass is 9.85. The van der Waals surface area contributed by atoms with Crippen LogP contribution in [0.4, 0.5) is 0 Å². The molecule has 6 nitrogen and oxygen atoms in total. The lowest BCUT2D eigenvalue weighted by Gasteiger charge is -2.20. The molecular formula is C14H14BrN5O. The molecule has 1 fully saturated rings. The van der Waals surface area contributed by atoms with Gasteiger partial charge in [-0.25, -0.2) is 9.97 Å². The molecule has 1 aliphatic carbocycles. The Morgan fingerprint density at radius 3 is 3.00 bits per heavy atom. The number of hydrogen-bond acceptors (Lipinski definition) is 5. The highest BCUT2D eigenvalue weighted by atomic mass is 79.9. The molecule has 0 unspecified atom stereocenters. The van der Waals surface area contributed by atoms with E-state index in [9.17, 15) is 0 Å². The second-order valence-electron chi connectivity index (χ2n) is 5.40. The molecule has 0 N–H and O–H groups in total. The number of pyridine rings is 1. The summed E-state index contributed by atoms with van der Waals surface area (Å²) >= 11 is 3.45. The minimum Gasteiger partial charge on any atom is -0.423 e. The molecule has 0 bridgehead atoms. The number of aryl methyl sites for hydroxylation is 1. The van der Waals surface area contributed by atoms with Crippen LogP contribution in [0.25, 0.3) is 11.2 Å². The maximum atomic E-state index is 5.79. The van der Waals surface area contributed by atoms with Crippen molar-refractivity contribution in [2.45, 2.75) is 38.6 Å². The first-order valence-corrected chi connectivity index (χ1v) is 7.80. The molecule has 0 radical (unpaired) electrons. The van der Waals surface area contributed by atoms with Gasteiger partial charge in [0.2, 0.25) is 11.8 Å². The molecule has 7 heteroatoms. The topological polar surface area (TPSA) is 69.6 Å². The van der Waals surface area contributed by atoms with Crippen molar-refractivity contribution in [3.8, 4) is 0 Å². The first kappa shape index (κ1) is 12.9. The van der Waals surface area contributed by atoms with Crippen molar-refractivity contribution in [2.75, 3.05) is 0 Å². The summed E-state index contributed by atoms with van der Waals surface area (Å²) in [6.45, 7) is 2.49. The Kier molecular flexibility index (Phi) is 3.02. The summed E-state index contributed by atoms with van der Waals surface area (Å²) < 4.78 is 8.77. The smallest absolute Gasteiger partial charge is 0.236 e. The van der Waals surface area contributed by atoms with E-state index in [0.29, 0.717) is 18.4 Å². The standard InChI is InChI=1S/C14H14BrN5O/c1-8-17-13-11(5-10(15)6-16-13)20(8)7-12-18-19-14(21-12)9-3-2-4-9/h5-6,9H,2-4,7H2,1H3. The van der Waals surface area contributed by atoms with Gasteiger partial charge in [-0.3, -0.25) is 0 Å². The van der Waals surface area contributed by atoms with Crippen LogP contribution < -0.4 is 0 Å². The lowest BCUT2D eigenvalue weighted by molar-refractivity contribution is 0.323. The molecule has 3 aromatic rings. The summed E-state index contributed by atoms with van der Waals surface area (Å²) in [7, 11) is 0. The Bertz CT molecular complexity index is 805. The number of fused-ring (bicyclic) bond motifs is 1. The largest absolute Gasteiger partial charge is 0.423 e. The van der Waals surface area contributed by atoms with Crippen molar-refractivity contribution in [1.29, 1.82) is 0 Å². The van der Waals surface area contributed by atoms with Crippen LogP contribution in [0.3, 0.4) is 0 Å². The Labute approximate surface area is 129 Å². The molecule has 1 aliphatic rings. The van der Waals surface area contributed by atoms with E-state index in [2.05, 4.69) is 36.1 Å². The molecule has 21 heavy (non-hydrogen) atoms. The van der Waals surface area contributed by atoms with E-state index in [1.807, 2.05) is 17.6 Å². The fourth-order valence-corrected chi connectivity index (χ4v) is 2.90. The minimum atomic E-state index is 0.461. The summed E-state index contributed by atoms with van der Waals surface area (Å²) in [5, 5.41) is 8.34. The van der Waals surface area contributed by atoms with Crippen molar-refractivity contribution in [3.63, 3.8) is 0 Å². The van der Waals surface area contributed by atoms with Gasteiger partial charge >= 0.3 is 0 Å². The van der Waals surface area contributed by atoms with Gasteiger partial charge in [0.15, 0.2) is 5.65 Å². The van der Waals surface area contributed by atoms with Crippen molar-refractivity contribution in [3.05, 3.63) is 34.3 Å². The van der Waals surface area contributed by atoms with Gasteiger partial charge in [-0.15, -0.1) is 10.2 Å². The monoisotopic (exact) mass is 347 g/mol. The molecule has 3 aromatic heterocycles. The predicted octanol–water partition coefficient (Wildman–Crippen LogP) is 3.20. The molecule has 0 spiro atoms. The SMILES string of the molecule is Cc1nc2ncc(Br)cc2n1Cc1nnc(C2CCC2)o1. The van der Waals surface area contributed by atoms with Crippen molar-refractivity contribution in [1.82, 2.24) is 24.7 Å². The number of nitrogens with zero attached hydrogens (tertiary/aromatic N) is 5. The number of hydrogen-bond donors (Lipinski definition) is 0. The van der Waals surface area contributed by atoms with Gasteiger partial charge < -0.3 is 8.98 Å². The van der Waals surface area contributed by atoms with Gasteiger partial charge in [-0.05, 0) is 41.8 Å². The van der Waals surface area contributed by atoms with Crippen LogP contribution in [0.5, 0.6) is 0 Å². The van der Waals surface area contributed by atoms with Crippen LogP contribution in [-0.4, -0.2) is 24.7 Å². The van der Waals surface area contributed by atoms with Crippen LogP contribution in [0.1, 0.15) is 42.8 Å². The second kappa shape index (κ2) is 4.91. The molecule has 0 atom stereocenters. The van der Waals surface area contributed by atoms with Gasteiger partial charge in [0.25, 0.3) is 0 Å². The first-order valence-electron chi connectivity index (χ1n) is 7.01. The van der Waals surface area contributed by atoms with Gasteiger partial charge in [0.05, 0.1) is 5.52 Å². The number of rotatable bonds is 3. The van der Waals surface area contributed by atoms with Crippen molar-refractivity contribution in [2.24, 2.45) is 0 Å². The Hall–Kier alpha value is -1.76. The third-order valence-corrected chi connectivity index (χ3v) is 4.43. The Morgan fingerprint density at radius 2 is 2.24 bits per heavy atom. The summed E-state index contributed by atoms with van der Waals surface area (Å²) in [5.74, 6) is 2.75. The van der Waals surface area contributed by atoms with Crippen LogP contribution >= 0.6 is 15.9 Å². The zero-order valence-electron chi connectivity index (χ0n) is 11.6. The highest BCUT2D eigenvalue weighted by Gasteiger charge is 2.25. The summed E-state index contributed by atoms with van der Waals surface area (Å²) in [6.07, 6.45) is 5.32. The first-order chi connectivity index (χ1) is 10.2. The third kappa shape index (κ3) is 2.25. The van der Waals surface area contributed by atoms with Gasteiger partial charge in [-0.2, -0.15) is 0 Å². The second-order valence-corrected chi connectivity index (χ2v) is 6.32. The number of aromatic nitrogens is 5. The minimum absolute atomic E-state index is 0.461. The molecule has 0 aromatic carbocycles.